The first-order valence-corrected chi connectivity index (χ1v) is 8.05. The fourth-order valence-electron chi connectivity index (χ4n) is 1.98. The lowest BCUT2D eigenvalue weighted by Crippen LogP contribution is -2.12. The van der Waals surface area contributed by atoms with Crippen LogP contribution in [0.1, 0.15) is 17.4 Å². The highest BCUT2D eigenvalue weighted by atomic mass is 32.1. The summed E-state index contributed by atoms with van der Waals surface area (Å²) in [6, 6.07) is 12.8. The molecule has 0 atom stereocenters. The number of benzene rings is 1. The normalized spacial score (nSPS) is 10.3. The molecule has 6 heteroatoms. The number of hydrogen-bond acceptors (Lipinski definition) is 5. The Morgan fingerprint density at radius 3 is 2.74 bits per heavy atom. The van der Waals surface area contributed by atoms with E-state index in [1.807, 2.05) is 37.3 Å². The van der Waals surface area contributed by atoms with Gasteiger partial charge in [-0.2, -0.15) is 0 Å². The molecule has 0 radical (unpaired) electrons. The quantitative estimate of drug-likeness (QED) is 0.774. The summed E-state index contributed by atoms with van der Waals surface area (Å²) in [7, 11) is 0. The largest absolute Gasteiger partial charge is 0.494 e. The van der Waals surface area contributed by atoms with E-state index < -0.39 is 0 Å². The Labute approximate surface area is 138 Å². The van der Waals surface area contributed by atoms with Crippen LogP contribution in [0, 0.1) is 0 Å². The number of amides is 1. The molecule has 5 nitrogen and oxygen atoms in total. The Bertz CT molecular complexity index is 785. The summed E-state index contributed by atoms with van der Waals surface area (Å²) in [5.74, 6) is 0.532. The number of carbonyl (C=O) groups excluding carboxylic acids is 1. The minimum Gasteiger partial charge on any atom is -0.494 e. The van der Waals surface area contributed by atoms with Gasteiger partial charge in [-0.05, 0) is 43.3 Å². The molecule has 0 unspecified atom stereocenters. The highest BCUT2D eigenvalue weighted by molar-refractivity contribution is 7.13. The third-order valence-corrected chi connectivity index (χ3v) is 3.91. The molecule has 116 valence electrons. The van der Waals surface area contributed by atoms with Gasteiger partial charge in [-0.3, -0.25) is 9.78 Å². The van der Waals surface area contributed by atoms with Gasteiger partial charge in [-0.15, -0.1) is 11.3 Å². The second kappa shape index (κ2) is 7.02. The van der Waals surface area contributed by atoms with Crippen LogP contribution in [0.2, 0.25) is 0 Å². The van der Waals surface area contributed by atoms with E-state index in [9.17, 15) is 4.79 Å². The number of nitrogens with zero attached hydrogens (tertiary/aromatic N) is 2. The average Bonchev–Trinajstić information content (AvgIpc) is 3.08. The SMILES string of the molecule is CCOc1ccc(NC(=O)c2csc(-c3ccccn3)n2)cc1. The fourth-order valence-corrected chi connectivity index (χ4v) is 2.76. The molecule has 3 aromatic rings. The summed E-state index contributed by atoms with van der Waals surface area (Å²) in [5, 5.41) is 5.28. The van der Waals surface area contributed by atoms with Gasteiger partial charge in [0.15, 0.2) is 0 Å². The lowest BCUT2D eigenvalue weighted by molar-refractivity contribution is 0.102. The monoisotopic (exact) mass is 325 g/mol. The van der Waals surface area contributed by atoms with Crippen LogP contribution in [0.3, 0.4) is 0 Å². The van der Waals surface area contributed by atoms with Crippen molar-refractivity contribution >= 4 is 22.9 Å². The minimum atomic E-state index is -0.243. The van der Waals surface area contributed by atoms with Crippen LogP contribution in [-0.2, 0) is 0 Å². The van der Waals surface area contributed by atoms with E-state index in [-0.39, 0.29) is 5.91 Å². The molecule has 2 heterocycles. The van der Waals surface area contributed by atoms with Crippen molar-refractivity contribution in [1.82, 2.24) is 9.97 Å². The standard InChI is InChI=1S/C17H15N3O2S/c1-2-22-13-8-6-12(7-9-13)19-16(21)15-11-23-17(20-15)14-5-3-4-10-18-14/h3-11H,2H2,1H3,(H,19,21). The van der Waals surface area contributed by atoms with E-state index in [0.717, 1.165) is 16.5 Å². The highest BCUT2D eigenvalue weighted by Gasteiger charge is 2.12. The summed E-state index contributed by atoms with van der Waals surface area (Å²) in [6.45, 7) is 2.54. The van der Waals surface area contributed by atoms with Crippen molar-refractivity contribution < 1.29 is 9.53 Å². The van der Waals surface area contributed by atoms with Crippen LogP contribution < -0.4 is 10.1 Å². The van der Waals surface area contributed by atoms with Crippen molar-refractivity contribution in [1.29, 1.82) is 0 Å². The maximum absolute atomic E-state index is 12.3. The first-order chi connectivity index (χ1) is 11.3. The van der Waals surface area contributed by atoms with Crippen LogP contribution in [0.5, 0.6) is 5.75 Å². The topological polar surface area (TPSA) is 64.1 Å². The number of ether oxygens (including phenoxy) is 1. The van der Waals surface area contributed by atoms with Gasteiger partial charge in [0.05, 0.1) is 12.3 Å². The first-order valence-electron chi connectivity index (χ1n) is 7.17. The average molecular weight is 325 g/mol. The molecular formula is C17H15N3O2S. The molecule has 1 N–H and O–H groups in total. The van der Waals surface area contributed by atoms with Crippen molar-refractivity contribution in [3.05, 3.63) is 59.7 Å². The summed E-state index contributed by atoms with van der Waals surface area (Å²) >= 11 is 1.40. The molecule has 1 aromatic carbocycles. The second-order valence-corrected chi connectivity index (χ2v) is 5.52. The molecule has 0 aliphatic heterocycles. The molecule has 0 fully saturated rings. The van der Waals surface area contributed by atoms with Crippen LogP contribution in [0.4, 0.5) is 5.69 Å². The van der Waals surface area contributed by atoms with Crippen LogP contribution in [-0.4, -0.2) is 22.5 Å². The second-order valence-electron chi connectivity index (χ2n) is 4.66. The molecule has 0 aliphatic rings. The van der Waals surface area contributed by atoms with Crippen LogP contribution >= 0.6 is 11.3 Å². The van der Waals surface area contributed by atoms with Gasteiger partial charge in [0.25, 0.3) is 5.91 Å². The van der Waals surface area contributed by atoms with E-state index >= 15 is 0 Å². The number of rotatable bonds is 5. The van der Waals surface area contributed by atoms with Gasteiger partial charge in [-0.25, -0.2) is 4.98 Å². The molecule has 0 saturated heterocycles. The Kier molecular flexibility index (Phi) is 4.63. The zero-order chi connectivity index (χ0) is 16.1. The van der Waals surface area contributed by atoms with E-state index in [0.29, 0.717) is 18.0 Å². The lowest BCUT2D eigenvalue weighted by Gasteiger charge is -2.05. The number of hydrogen-bond donors (Lipinski definition) is 1. The van der Waals surface area contributed by atoms with E-state index in [1.165, 1.54) is 11.3 Å². The molecule has 0 saturated carbocycles. The zero-order valence-electron chi connectivity index (χ0n) is 12.5. The Morgan fingerprint density at radius 2 is 2.04 bits per heavy atom. The number of thiazole rings is 1. The van der Waals surface area contributed by atoms with Crippen LogP contribution in [0.15, 0.2) is 54.0 Å². The summed E-state index contributed by atoms with van der Waals surface area (Å²) in [5.41, 5.74) is 1.84. The van der Waals surface area contributed by atoms with E-state index in [1.54, 1.807) is 23.7 Å². The van der Waals surface area contributed by atoms with Crippen molar-refractivity contribution in [2.24, 2.45) is 0 Å². The molecule has 2 aromatic heterocycles. The maximum atomic E-state index is 12.3. The fraction of sp³-hybridized carbons (Fsp3) is 0.118. The third-order valence-electron chi connectivity index (χ3n) is 3.04. The molecule has 3 rings (SSSR count). The number of pyridine rings is 1. The van der Waals surface area contributed by atoms with E-state index in [2.05, 4.69) is 15.3 Å². The van der Waals surface area contributed by atoms with Gasteiger partial charge < -0.3 is 10.1 Å². The van der Waals surface area contributed by atoms with Crippen molar-refractivity contribution in [2.75, 3.05) is 11.9 Å². The molecular weight excluding hydrogens is 310 g/mol. The number of aromatic nitrogens is 2. The smallest absolute Gasteiger partial charge is 0.275 e. The summed E-state index contributed by atoms with van der Waals surface area (Å²) in [6.07, 6.45) is 1.70. The lowest BCUT2D eigenvalue weighted by atomic mass is 10.3. The summed E-state index contributed by atoms with van der Waals surface area (Å²) in [4.78, 5) is 20.8. The number of nitrogens with one attached hydrogen (secondary N) is 1. The van der Waals surface area contributed by atoms with Gasteiger partial charge in [-0.1, -0.05) is 6.07 Å². The minimum absolute atomic E-state index is 0.243. The zero-order valence-corrected chi connectivity index (χ0v) is 13.3. The first kappa shape index (κ1) is 15.2. The number of carbonyl (C=O) groups is 1. The molecule has 0 spiro atoms. The van der Waals surface area contributed by atoms with Crippen LogP contribution in [0.25, 0.3) is 10.7 Å². The molecule has 0 aliphatic carbocycles. The highest BCUT2D eigenvalue weighted by Crippen LogP contribution is 2.22. The molecule has 0 bridgehead atoms. The van der Waals surface area contributed by atoms with Crippen molar-refractivity contribution in [3.8, 4) is 16.5 Å². The van der Waals surface area contributed by atoms with Gasteiger partial charge in [0, 0.05) is 17.3 Å². The molecule has 23 heavy (non-hydrogen) atoms. The predicted octanol–water partition coefficient (Wildman–Crippen LogP) is 3.86. The Morgan fingerprint density at radius 1 is 1.22 bits per heavy atom. The third kappa shape index (κ3) is 3.73. The van der Waals surface area contributed by atoms with Gasteiger partial charge in [0.2, 0.25) is 0 Å². The maximum Gasteiger partial charge on any atom is 0.275 e. The Hall–Kier alpha value is -2.73. The molecule has 1 amide bonds. The van der Waals surface area contributed by atoms with Crippen molar-refractivity contribution in [3.63, 3.8) is 0 Å². The number of anilines is 1. The van der Waals surface area contributed by atoms with Gasteiger partial charge >= 0.3 is 0 Å². The Balaban J connectivity index is 1.70. The van der Waals surface area contributed by atoms with E-state index in [4.69, 9.17) is 4.74 Å². The predicted molar refractivity (Wildman–Crippen MR) is 90.9 cm³/mol. The van der Waals surface area contributed by atoms with Crippen molar-refractivity contribution in [2.45, 2.75) is 6.92 Å². The van der Waals surface area contributed by atoms with Gasteiger partial charge in [0.1, 0.15) is 16.5 Å². The summed E-state index contributed by atoms with van der Waals surface area (Å²) < 4.78 is 5.37.